The molecule has 8 heteroatoms. The van der Waals surface area contributed by atoms with Crippen LogP contribution in [0.1, 0.15) is 31.5 Å². The molecule has 1 saturated carbocycles. The van der Waals surface area contributed by atoms with E-state index in [1.807, 2.05) is 30.1 Å². The molecule has 1 aliphatic heterocycles. The van der Waals surface area contributed by atoms with Crippen LogP contribution in [0.2, 0.25) is 0 Å². The lowest BCUT2D eigenvalue weighted by Gasteiger charge is -2.38. The number of para-hydroxylation sites is 1. The van der Waals surface area contributed by atoms with Crippen LogP contribution in [0.4, 0.5) is 0 Å². The van der Waals surface area contributed by atoms with Gasteiger partial charge < -0.3 is 20.4 Å². The smallest absolute Gasteiger partial charge is 0.258 e. The fraction of sp³-hybridized carbons (Fsp3) is 0.571. The molecule has 0 unspecified atom stereocenters. The largest absolute Gasteiger partial charge is 0.366 e. The number of aromatic amines is 1. The number of nitrogens with one attached hydrogen (secondary N) is 1. The third-order valence-corrected chi connectivity index (χ3v) is 6.10. The van der Waals surface area contributed by atoms with Crippen LogP contribution in [-0.4, -0.2) is 70.6 Å². The van der Waals surface area contributed by atoms with E-state index >= 15 is 0 Å². The number of fused-ring (bicyclic) bond motifs is 1. The Labute approximate surface area is 170 Å². The minimum atomic E-state index is -0.489. The molecule has 1 atom stereocenters. The summed E-state index contributed by atoms with van der Waals surface area (Å²) in [7, 11) is 1.87. The summed E-state index contributed by atoms with van der Waals surface area (Å²) in [6.45, 7) is 2.15. The summed E-state index contributed by atoms with van der Waals surface area (Å²) in [5.41, 5.74) is 6.53. The van der Waals surface area contributed by atoms with E-state index in [-0.39, 0.29) is 23.6 Å². The monoisotopic (exact) mass is 399 g/mol. The highest BCUT2D eigenvalue weighted by atomic mass is 16.5. The standard InChI is InChI=1S/C21H29N5O3/c1-25(15-8-6-14(22)7-9-15)21(28)18-12-26(10-11-29-18)13-19-23-17-5-3-2-4-16(17)20(27)24-19/h2-5,14-15,18H,6-13,22H2,1H3,(H,23,24,27)/t14?,15?,18-/m0/s1. The third-order valence-electron chi connectivity index (χ3n) is 6.10. The van der Waals surface area contributed by atoms with E-state index in [1.165, 1.54) is 0 Å². The Morgan fingerprint density at radius 1 is 1.31 bits per heavy atom. The van der Waals surface area contributed by atoms with Crippen molar-refractivity contribution in [2.45, 2.75) is 50.4 Å². The van der Waals surface area contributed by atoms with Crippen molar-refractivity contribution in [1.82, 2.24) is 19.8 Å². The minimum absolute atomic E-state index is 0.0233. The van der Waals surface area contributed by atoms with E-state index in [1.54, 1.807) is 6.07 Å². The van der Waals surface area contributed by atoms with Crippen molar-refractivity contribution < 1.29 is 9.53 Å². The summed E-state index contributed by atoms with van der Waals surface area (Å²) < 4.78 is 5.78. The van der Waals surface area contributed by atoms with Crippen LogP contribution in [0.25, 0.3) is 10.9 Å². The summed E-state index contributed by atoms with van der Waals surface area (Å²) in [5, 5.41) is 0.583. The molecule has 1 aliphatic carbocycles. The van der Waals surface area contributed by atoms with Crippen LogP contribution in [0.5, 0.6) is 0 Å². The molecular weight excluding hydrogens is 370 g/mol. The van der Waals surface area contributed by atoms with Crippen molar-refractivity contribution in [3.05, 3.63) is 40.4 Å². The first-order valence-corrected chi connectivity index (χ1v) is 10.4. The highest BCUT2D eigenvalue weighted by Gasteiger charge is 2.33. The normalized spacial score (nSPS) is 25.8. The molecule has 2 fully saturated rings. The first-order chi connectivity index (χ1) is 14.0. The number of ether oxygens (including phenoxy) is 1. The number of rotatable bonds is 4. The Hall–Kier alpha value is -2.29. The zero-order valence-corrected chi connectivity index (χ0v) is 16.8. The van der Waals surface area contributed by atoms with Crippen LogP contribution in [0, 0.1) is 0 Å². The number of hydrogen-bond acceptors (Lipinski definition) is 6. The maximum atomic E-state index is 13.0. The van der Waals surface area contributed by atoms with Gasteiger partial charge in [0.25, 0.3) is 11.5 Å². The zero-order chi connectivity index (χ0) is 20.4. The predicted molar refractivity (Wildman–Crippen MR) is 110 cm³/mol. The molecule has 156 valence electrons. The number of benzene rings is 1. The number of aromatic nitrogens is 2. The predicted octanol–water partition coefficient (Wildman–Crippen LogP) is 0.852. The molecular formula is C21H29N5O3. The average Bonchev–Trinajstić information content (AvgIpc) is 2.73. The number of morpholine rings is 1. The highest BCUT2D eigenvalue weighted by Crippen LogP contribution is 2.22. The van der Waals surface area contributed by atoms with Gasteiger partial charge in [0.15, 0.2) is 0 Å². The fourth-order valence-electron chi connectivity index (χ4n) is 4.31. The summed E-state index contributed by atoms with van der Waals surface area (Å²) in [6.07, 6.45) is 3.32. The average molecular weight is 399 g/mol. The Bertz CT molecular complexity index is 922. The molecule has 0 bridgehead atoms. The summed E-state index contributed by atoms with van der Waals surface area (Å²) in [5.74, 6) is 0.631. The van der Waals surface area contributed by atoms with E-state index < -0.39 is 6.10 Å². The molecule has 2 aliphatic rings. The van der Waals surface area contributed by atoms with Crippen molar-refractivity contribution in [3.8, 4) is 0 Å². The third kappa shape index (κ3) is 4.49. The topological polar surface area (TPSA) is 105 Å². The number of likely N-dealkylation sites (N-methyl/N-ethyl adjacent to an activating group) is 1. The molecule has 4 rings (SSSR count). The molecule has 29 heavy (non-hydrogen) atoms. The lowest BCUT2D eigenvalue weighted by molar-refractivity contribution is -0.151. The van der Waals surface area contributed by atoms with Crippen molar-refractivity contribution in [2.24, 2.45) is 5.73 Å². The molecule has 0 radical (unpaired) electrons. The zero-order valence-electron chi connectivity index (χ0n) is 16.8. The molecule has 1 aromatic heterocycles. The second-order valence-corrected chi connectivity index (χ2v) is 8.14. The number of hydrogen-bond donors (Lipinski definition) is 2. The number of nitrogens with zero attached hydrogens (tertiary/aromatic N) is 3. The first kappa shape index (κ1) is 20.0. The Kier molecular flexibility index (Phi) is 5.94. The van der Waals surface area contributed by atoms with Gasteiger partial charge in [0, 0.05) is 32.2 Å². The minimum Gasteiger partial charge on any atom is -0.366 e. The van der Waals surface area contributed by atoms with Gasteiger partial charge in [0.05, 0.1) is 24.1 Å². The fourth-order valence-corrected chi connectivity index (χ4v) is 4.31. The van der Waals surface area contributed by atoms with Crippen LogP contribution in [0.15, 0.2) is 29.1 Å². The van der Waals surface area contributed by atoms with Gasteiger partial charge in [-0.2, -0.15) is 0 Å². The summed E-state index contributed by atoms with van der Waals surface area (Å²) in [6, 6.07) is 7.80. The molecule has 2 aromatic rings. The summed E-state index contributed by atoms with van der Waals surface area (Å²) >= 11 is 0. The Morgan fingerprint density at radius 3 is 2.86 bits per heavy atom. The number of amides is 1. The molecule has 1 aromatic carbocycles. The van der Waals surface area contributed by atoms with Gasteiger partial charge in [0.2, 0.25) is 0 Å². The van der Waals surface area contributed by atoms with Gasteiger partial charge in [-0.15, -0.1) is 0 Å². The maximum Gasteiger partial charge on any atom is 0.258 e. The quantitative estimate of drug-likeness (QED) is 0.790. The van der Waals surface area contributed by atoms with Gasteiger partial charge in [-0.05, 0) is 37.8 Å². The molecule has 3 N–H and O–H groups in total. The van der Waals surface area contributed by atoms with E-state index in [9.17, 15) is 9.59 Å². The van der Waals surface area contributed by atoms with E-state index in [0.29, 0.717) is 43.0 Å². The number of carbonyl (C=O) groups is 1. The van der Waals surface area contributed by atoms with Crippen LogP contribution < -0.4 is 11.3 Å². The second-order valence-electron chi connectivity index (χ2n) is 8.14. The number of carbonyl (C=O) groups excluding carboxylic acids is 1. The Morgan fingerprint density at radius 2 is 2.07 bits per heavy atom. The Balaban J connectivity index is 1.40. The maximum absolute atomic E-state index is 13.0. The second kappa shape index (κ2) is 8.61. The van der Waals surface area contributed by atoms with Gasteiger partial charge in [-0.1, -0.05) is 12.1 Å². The lowest BCUT2D eigenvalue weighted by atomic mass is 9.91. The number of H-pyrrole nitrogens is 1. The van der Waals surface area contributed by atoms with Crippen LogP contribution >= 0.6 is 0 Å². The highest BCUT2D eigenvalue weighted by molar-refractivity contribution is 5.81. The molecule has 2 heterocycles. The van der Waals surface area contributed by atoms with E-state index in [2.05, 4.69) is 14.9 Å². The first-order valence-electron chi connectivity index (χ1n) is 10.4. The van der Waals surface area contributed by atoms with E-state index in [0.717, 1.165) is 25.7 Å². The molecule has 1 amide bonds. The van der Waals surface area contributed by atoms with Crippen molar-refractivity contribution >= 4 is 16.8 Å². The summed E-state index contributed by atoms with van der Waals surface area (Å²) in [4.78, 5) is 36.7. The van der Waals surface area contributed by atoms with Gasteiger partial charge >= 0.3 is 0 Å². The van der Waals surface area contributed by atoms with Crippen LogP contribution in [0.3, 0.4) is 0 Å². The van der Waals surface area contributed by atoms with Gasteiger partial charge in [-0.25, -0.2) is 4.98 Å². The lowest BCUT2D eigenvalue weighted by Crippen LogP contribution is -2.53. The number of nitrogens with two attached hydrogens (primary N) is 1. The molecule has 8 nitrogen and oxygen atoms in total. The van der Waals surface area contributed by atoms with Crippen molar-refractivity contribution in [3.63, 3.8) is 0 Å². The SMILES string of the molecule is CN(C(=O)[C@@H]1CN(Cc2nc3ccccc3c(=O)[nH]2)CCO1)C1CCC(N)CC1. The molecule has 1 saturated heterocycles. The van der Waals surface area contributed by atoms with Crippen molar-refractivity contribution in [1.29, 1.82) is 0 Å². The van der Waals surface area contributed by atoms with Gasteiger partial charge in [-0.3, -0.25) is 14.5 Å². The van der Waals surface area contributed by atoms with Crippen molar-refractivity contribution in [2.75, 3.05) is 26.7 Å². The van der Waals surface area contributed by atoms with E-state index in [4.69, 9.17) is 10.5 Å². The molecule has 0 spiro atoms. The van der Waals surface area contributed by atoms with Gasteiger partial charge in [0.1, 0.15) is 11.9 Å². The van der Waals surface area contributed by atoms with Crippen LogP contribution in [-0.2, 0) is 16.1 Å².